The largest absolute Gasteiger partial charge is 0.496 e. The normalized spacial score (nSPS) is 18.7. The molecule has 1 unspecified atom stereocenters. The number of likely N-dealkylation sites (tertiary alicyclic amines) is 1. The van der Waals surface area contributed by atoms with Crippen molar-refractivity contribution in [1.29, 1.82) is 0 Å². The molecule has 1 aromatic rings. The van der Waals surface area contributed by atoms with Crippen LogP contribution in [-0.2, 0) is 0 Å². The number of carbonyl (C=O) groups is 1. The van der Waals surface area contributed by atoms with Crippen LogP contribution in [0.2, 0.25) is 0 Å². The van der Waals surface area contributed by atoms with Gasteiger partial charge >= 0.3 is 0 Å². The summed E-state index contributed by atoms with van der Waals surface area (Å²) in [5, 5.41) is 0. The molecule has 0 radical (unpaired) electrons. The molecule has 0 spiro atoms. The molecule has 0 saturated carbocycles. The van der Waals surface area contributed by atoms with Gasteiger partial charge in [-0.3, -0.25) is 4.79 Å². The second kappa shape index (κ2) is 6.73. The van der Waals surface area contributed by atoms with Crippen molar-refractivity contribution in [1.82, 2.24) is 4.90 Å². The molecule has 1 aromatic carbocycles. The van der Waals surface area contributed by atoms with E-state index < -0.39 is 5.82 Å². The van der Waals surface area contributed by atoms with Gasteiger partial charge in [0.2, 0.25) is 0 Å². The number of halogens is 2. The van der Waals surface area contributed by atoms with Crippen LogP contribution in [0.1, 0.15) is 23.2 Å². The van der Waals surface area contributed by atoms with Gasteiger partial charge < -0.3 is 15.4 Å². The highest BCUT2D eigenvalue weighted by Crippen LogP contribution is 2.22. The van der Waals surface area contributed by atoms with Crippen LogP contribution < -0.4 is 10.5 Å². The van der Waals surface area contributed by atoms with Gasteiger partial charge in [-0.2, -0.15) is 0 Å². The van der Waals surface area contributed by atoms with E-state index in [1.54, 1.807) is 4.90 Å². The first-order chi connectivity index (χ1) is 8.61. The van der Waals surface area contributed by atoms with E-state index in [1.807, 2.05) is 0 Å². The summed E-state index contributed by atoms with van der Waals surface area (Å²) in [6.45, 7) is 1.17. The molecule has 106 valence electrons. The van der Waals surface area contributed by atoms with Gasteiger partial charge in [0.1, 0.15) is 11.6 Å². The molecule has 1 atom stereocenters. The first kappa shape index (κ1) is 15.7. The fraction of sp³-hybridized carbons (Fsp3) is 0.462. The van der Waals surface area contributed by atoms with Crippen molar-refractivity contribution in [3.8, 4) is 5.75 Å². The molecule has 1 heterocycles. The lowest BCUT2D eigenvalue weighted by molar-refractivity contribution is 0.0705. The Morgan fingerprint density at radius 3 is 2.89 bits per heavy atom. The quantitative estimate of drug-likeness (QED) is 0.903. The van der Waals surface area contributed by atoms with Crippen LogP contribution in [0.4, 0.5) is 4.39 Å². The van der Waals surface area contributed by atoms with Crippen LogP contribution >= 0.6 is 12.4 Å². The van der Waals surface area contributed by atoms with Crippen molar-refractivity contribution in [3.63, 3.8) is 0 Å². The molecule has 1 saturated heterocycles. The van der Waals surface area contributed by atoms with Crippen molar-refractivity contribution < 1.29 is 13.9 Å². The highest BCUT2D eigenvalue weighted by Gasteiger charge is 2.24. The molecule has 1 aliphatic heterocycles. The predicted octanol–water partition coefficient (Wildman–Crippen LogP) is 1.82. The number of carbonyl (C=O) groups excluding carboxylic acids is 1. The van der Waals surface area contributed by atoms with Crippen LogP contribution in [-0.4, -0.2) is 37.0 Å². The summed E-state index contributed by atoms with van der Waals surface area (Å²) in [5.74, 6) is -0.275. The Kier molecular flexibility index (Phi) is 5.57. The third-order valence-corrected chi connectivity index (χ3v) is 3.14. The average molecular weight is 289 g/mol. The summed E-state index contributed by atoms with van der Waals surface area (Å²) in [5.41, 5.74) is 6.10. The minimum absolute atomic E-state index is 0. The molecule has 19 heavy (non-hydrogen) atoms. The van der Waals surface area contributed by atoms with E-state index >= 15 is 0 Å². The van der Waals surface area contributed by atoms with E-state index in [1.165, 1.54) is 25.3 Å². The van der Waals surface area contributed by atoms with Gasteiger partial charge in [0.05, 0.1) is 12.7 Å². The van der Waals surface area contributed by atoms with Crippen LogP contribution in [0.3, 0.4) is 0 Å². The van der Waals surface area contributed by atoms with E-state index in [9.17, 15) is 9.18 Å². The van der Waals surface area contributed by atoms with Crippen LogP contribution in [0.15, 0.2) is 18.2 Å². The van der Waals surface area contributed by atoms with Gasteiger partial charge in [-0.25, -0.2) is 4.39 Å². The highest BCUT2D eigenvalue weighted by atomic mass is 35.5. The van der Waals surface area contributed by atoms with E-state index in [0.717, 1.165) is 12.8 Å². The maximum Gasteiger partial charge on any atom is 0.257 e. The average Bonchev–Trinajstić information content (AvgIpc) is 2.38. The molecule has 1 fully saturated rings. The number of rotatable bonds is 2. The van der Waals surface area contributed by atoms with Gasteiger partial charge in [-0.1, -0.05) is 0 Å². The second-order valence-corrected chi connectivity index (χ2v) is 4.50. The zero-order valence-electron chi connectivity index (χ0n) is 10.8. The number of hydrogen-bond donors (Lipinski definition) is 1. The number of amides is 1. The first-order valence-corrected chi connectivity index (χ1v) is 6.00. The van der Waals surface area contributed by atoms with Crippen LogP contribution in [0, 0.1) is 5.82 Å². The number of benzene rings is 1. The lowest BCUT2D eigenvalue weighted by atomic mass is 10.0. The second-order valence-electron chi connectivity index (χ2n) is 4.50. The summed E-state index contributed by atoms with van der Waals surface area (Å²) in [4.78, 5) is 14.0. The van der Waals surface area contributed by atoms with Crippen molar-refractivity contribution >= 4 is 18.3 Å². The smallest absolute Gasteiger partial charge is 0.257 e. The van der Waals surface area contributed by atoms with Crippen molar-refractivity contribution in [3.05, 3.63) is 29.6 Å². The molecular formula is C13H18ClFN2O2. The molecule has 0 aliphatic carbocycles. The van der Waals surface area contributed by atoms with E-state index in [-0.39, 0.29) is 29.9 Å². The van der Waals surface area contributed by atoms with E-state index in [2.05, 4.69) is 0 Å². The number of nitrogens with zero attached hydrogens (tertiary/aromatic N) is 1. The lowest BCUT2D eigenvalue weighted by Crippen LogP contribution is -2.45. The molecule has 2 N–H and O–H groups in total. The molecule has 4 nitrogen and oxygen atoms in total. The van der Waals surface area contributed by atoms with Gasteiger partial charge in [-0.15, -0.1) is 12.4 Å². The maximum atomic E-state index is 13.2. The highest BCUT2D eigenvalue weighted by molar-refractivity contribution is 5.97. The summed E-state index contributed by atoms with van der Waals surface area (Å²) >= 11 is 0. The molecule has 0 aromatic heterocycles. The van der Waals surface area contributed by atoms with Crippen molar-refractivity contribution in [2.75, 3.05) is 20.2 Å². The lowest BCUT2D eigenvalue weighted by Gasteiger charge is -2.31. The number of methoxy groups -OCH3 is 1. The van der Waals surface area contributed by atoms with E-state index in [0.29, 0.717) is 18.8 Å². The van der Waals surface area contributed by atoms with Crippen LogP contribution in [0.25, 0.3) is 0 Å². The minimum Gasteiger partial charge on any atom is -0.496 e. The maximum absolute atomic E-state index is 13.2. The van der Waals surface area contributed by atoms with E-state index in [4.69, 9.17) is 10.5 Å². The zero-order chi connectivity index (χ0) is 13.1. The van der Waals surface area contributed by atoms with Crippen molar-refractivity contribution in [2.45, 2.75) is 18.9 Å². The number of piperidine rings is 1. The summed E-state index contributed by atoms with van der Waals surface area (Å²) in [7, 11) is 1.46. The monoisotopic (exact) mass is 288 g/mol. The fourth-order valence-electron chi connectivity index (χ4n) is 2.21. The third kappa shape index (κ3) is 3.58. The van der Waals surface area contributed by atoms with Gasteiger partial charge in [-0.05, 0) is 31.0 Å². The molecule has 1 amide bonds. The Morgan fingerprint density at radius 2 is 2.26 bits per heavy atom. The molecule has 6 heteroatoms. The third-order valence-electron chi connectivity index (χ3n) is 3.14. The number of ether oxygens (including phenoxy) is 1. The minimum atomic E-state index is -0.444. The Labute approximate surface area is 118 Å². The molecule has 2 rings (SSSR count). The number of nitrogens with two attached hydrogens (primary N) is 1. The SMILES string of the molecule is COc1ccc(F)cc1C(=O)N1CCCC(N)C1.Cl. The Balaban J connectivity index is 0.00000180. The van der Waals surface area contributed by atoms with Crippen LogP contribution in [0.5, 0.6) is 5.75 Å². The summed E-state index contributed by atoms with van der Waals surface area (Å²) in [6, 6.07) is 3.95. The van der Waals surface area contributed by atoms with Gasteiger partial charge in [0.15, 0.2) is 0 Å². The summed E-state index contributed by atoms with van der Waals surface area (Å²) in [6.07, 6.45) is 1.80. The standard InChI is InChI=1S/C13H17FN2O2.ClH/c1-18-12-5-4-9(14)7-11(12)13(17)16-6-2-3-10(15)8-16;/h4-5,7,10H,2-3,6,8,15H2,1H3;1H. The fourth-order valence-corrected chi connectivity index (χ4v) is 2.21. The predicted molar refractivity (Wildman–Crippen MR) is 73.3 cm³/mol. The molecular weight excluding hydrogens is 271 g/mol. The Hall–Kier alpha value is -1.33. The molecule has 1 aliphatic rings. The number of hydrogen-bond acceptors (Lipinski definition) is 3. The van der Waals surface area contributed by atoms with Gasteiger partial charge in [0.25, 0.3) is 5.91 Å². The first-order valence-electron chi connectivity index (χ1n) is 6.00. The van der Waals surface area contributed by atoms with Crippen molar-refractivity contribution in [2.24, 2.45) is 5.73 Å². The topological polar surface area (TPSA) is 55.6 Å². The Morgan fingerprint density at radius 1 is 1.53 bits per heavy atom. The molecule has 0 bridgehead atoms. The van der Waals surface area contributed by atoms with Gasteiger partial charge in [0, 0.05) is 19.1 Å². The zero-order valence-corrected chi connectivity index (χ0v) is 11.6. The Bertz CT molecular complexity index is 456. The summed E-state index contributed by atoms with van der Waals surface area (Å²) < 4.78 is 18.3.